The van der Waals surface area contributed by atoms with Gasteiger partial charge in [-0.25, -0.2) is 0 Å². The first kappa shape index (κ1) is 14.3. The first-order valence-corrected chi connectivity index (χ1v) is 7.29. The van der Waals surface area contributed by atoms with Crippen molar-refractivity contribution < 1.29 is 5.11 Å². The third-order valence-corrected chi connectivity index (χ3v) is 4.24. The van der Waals surface area contributed by atoms with Crippen molar-refractivity contribution in [1.82, 2.24) is 0 Å². The Morgan fingerprint density at radius 1 is 0.909 bits per heavy atom. The predicted molar refractivity (Wildman–Crippen MR) is 88.3 cm³/mol. The van der Waals surface area contributed by atoms with E-state index in [2.05, 4.69) is 6.07 Å². The summed E-state index contributed by atoms with van der Waals surface area (Å²) in [7, 11) is 0. The average molecular weight is 287 g/mol. The van der Waals surface area contributed by atoms with Gasteiger partial charge in [-0.1, -0.05) is 66.7 Å². The summed E-state index contributed by atoms with van der Waals surface area (Å²) in [5.74, 6) is 0. The lowest BCUT2D eigenvalue weighted by Crippen LogP contribution is -2.28. The van der Waals surface area contributed by atoms with E-state index in [-0.39, 0.29) is 0 Å². The Hall–Kier alpha value is -2.63. The lowest BCUT2D eigenvalue weighted by molar-refractivity contribution is 0.120. The van der Waals surface area contributed by atoms with Crippen LogP contribution in [-0.4, -0.2) is 5.11 Å². The Morgan fingerprint density at radius 2 is 1.55 bits per heavy atom. The summed E-state index contributed by atoms with van der Waals surface area (Å²) >= 11 is 0. The van der Waals surface area contributed by atoms with Crippen LogP contribution in [0, 0.1) is 11.3 Å². The van der Waals surface area contributed by atoms with E-state index in [0.717, 1.165) is 21.9 Å². The van der Waals surface area contributed by atoms with Gasteiger partial charge in [0.15, 0.2) is 0 Å². The van der Waals surface area contributed by atoms with Gasteiger partial charge in [-0.15, -0.1) is 0 Å². The minimum absolute atomic E-state index is 0.756. The highest BCUT2D eigenvalue weighted by Gasteiger charge is 2.36. The maximum Gasteiger partial charge on any atom is 0.109 e. The molecule has 2 atom stereocenters. The zero-order valence-electron chi connectivity index (χ0n) is 12.4. The molecular formula is C20H17NO. The second kappa shape index (κ2) is 5.63. The molecule has 0 bridgehead atoms. The molecule has 0 aromatic heterocycles. The molecule has 1 N–H and O–H groups in total. The van der Waals surface area contributed by atoms with Crippen molar-refractivity contribution in [3.8, 4) is 6.07 Å². The Morgan fingerprint density at radius 3 is 2.23 bits per heavy atom. The number of rotatable bonds is 3. The Labute approximate surface area is 130 Å². The zero-order chi connectivity index (χ0) is 15.6. The maximum absolute atomic E-state index is 10.8. The molecule has 2 heteroatoms. The number of nitrogens with zero attached hydrogens (tertiary/aromatic N) is 1. The number of nitriles is 1. The zero-order valence-corrected chi connectivity index (χ0v) is 12.4. The summed E-state index contributed by atoms with van der Waals surface area (Å²) in [6, 6.07) is 25.6. The molecule has 0 unspecified atom stereocenters. The number of hydrogen-bond acceptors (Lipinski definition) is 2. The van der Waals surface area contributed by atoms with Gasteiger partial charge in [0.05, 0.1) is 6.07 Å². The van der Waals surface area contributed by atoms with Crippen LogP contribution in [0.3, 0.4) is 0 Å². The number of benzene rings is 3. The van der Waals surface area contributed by atoms with Crippen molar-refractivity contribution in [1.29, 1.82) is 5.26 Å². The van der Waals surface area contributed by atoms with Crippen LogP contribution in [0.25, 0.3) is 10.8 Å². The molecule has 108 valence electrons. The van der Waals surface area contributed by atoms with Crippen molar-refractivity contribution in [2.75, 3.05) is 0 Å². The summed E-state index contributed by atoms with van der Waals surface area (Å²) < 4.78 is 0. The van der Waals surface area contributed by atoms with Gasteiger partial charge in [0.25, 0.3) is 0 Å². The van der Waals surface area contributed by atoms with Crippen molar-refractivity contribution in [2.24, 2.45) is 0 Å². The minimum atomic E-state index is -0.982. The van der Waals surface area contributed by atoms with Gasteiger partial charge in [0.2, 0.25) is 0 Å². The fourth-order valence-electron chi connectivity index (χ4n) is 2.78. The molecule has 2 nitrogen and oxygen atoms in total. The monoisotopic (exact) mass is 287 g/mol. The van der Waals surface area contributed by atoms with E-state index in [4.69, 9.17) is 0 Å². The number of aliphatic hydroxyl groups is 1. The Kier molecular flexibility index (Phi) is 3.66. The van der Waals surface area contributed by atoms with Crippen LogP contribution in [0.2, 0.25) is 0 Å². The van der Waals surface area contributed by atoms with Crippen LogP contribution >= 0.6 is 0 Å². The predicted octanol–water partition coefficient (Wildman–Crippen LogP) is 4.35. The molecule has 22 heavy (non-hydrogen) atoms. The van der Waals surface area contributed by atoms with Gasteiger partial charge >= 0.3 is 0 Å². The molecule has 0 saturated carbocycles. The van der Waals surface area contributed by atoms with Gasteiger partial charge < -0.3 is 5.11 Å². The average Bonchev–Trinajstić information content (AvgIpc) is 2.60. The smallest absolute Gasteiger partial charge is 0.109 e. The quantitative estimate of drug-likeness (QED) is 0.778. The van der Waals surface area contributed by atoms with Gasteiger partial charge in [-0.05, 0) is 34.9 Å². The fourth-order valence-corrected chi connectivity index (χ4v) is 2.78. The molecule has 3 aromatic rings. The standard InChI is InChI=1S/C20H17NO/c1-20(14-21,18-9-3-2-4-10-18)19(22)17-12-11-15-7-5-6-8-16(15)13-17/h2-13,19,22H,1H3/t19-,20-/m0/s1. The first-order chi connectivity index (χ1) is 10.6. The van der Waals surface area contributed by atoms with E-state index in [1.54, 1.807) is 6.92 Å². The highest BCUT2D eigenvalue weighted by atomic mass is 16.3. The van der Waals surface area contributed by atoms with E-state index in [0.29, 0.717) is 0 Å². The molecule has 3 rings (SSSR count). The van der Waals surface area contributed by atoms with Crippen molar-refractivity contribution in [3.63, 3.8) is 0 Å². The maximum atomic E-state index is 10.8. The molecule has 0 heterocycles. The van der Waals surface area contributed by atoms with E-state index in [9.17, 15) is 10.4 Å². The number of hydrogen-bond donors (Lipinski definition) is 1. The summed E-state index contributed by atoms with van der Waals surface area (Å²) in [6.07, 6.45) is -0.885. The topological polar surface area (TPSA) is 44.0 Å². The van der Waals surface area contributed by atoms with E-state index >= 15 is 0 Å². The molecule has 0 aliphatic carbocycles. The third kappa shape index (κ3) is 2.36. The van der Waals surface area contributed by atoms with Crippen molar-refractivity contribution in [2.45, 2.75) is 18.4 Å². The summed E-state index contributed by atoms with van der Waals surface area (Å²) in [6.45, 7) is 1.78. The van der Waals surface area contributed by atoms with Gasteiger partial charge in [-0.2, -0.15) is 5.26 Å². The highest BCUT2D eigenvalue weighted by Crippen LogP contribution is 2.37. The van der Waals surface area contributed by atoms with Crippen LogP contribution in [0.15, 0.2) is 72.8 Å². The molecule has 0 fully saturated rings. The summed E-state index contributed by atoms with van der Waals surface area (Å²) in [5, 5.41) is 22.7. The molecule has 0 aliphatic rings. The van der Waals surface area contributed by atoms with Gasteiger partial charge in [0.1, 0.15) is 11.5 Å². The summed E-state index contributed by atoms with van der Waals surface area (Å²) in [4.78, 5) is 0. The van der Waals surface area contributed by atoms with Crippen LogP contribution in [-0.2, 0) is 5.41 Å². The SMILES string of the molecule is C[C@](C#N)(c1ccccc1)[C@@H](O)c1ccc2ccccc2c1. The van der Waals surface area contributed by atoms with Crippen LogP contribution in [0.5, 0.6) is 0 Å². The first-order valence-electron chi connectivity index (χ1n) is 7.29. The molecule has 3 aromatic carbocycles. The molecule has 0 saturated heterocycles. The van der Waals surface area contributed by atoms with Crippen LogP contribution in [0.4, 0.5) is 0 Å². The van der Waals surface area contributed by atoms with Crippen LogP contribution in [0.1, 0.15) is 24.2 Å². The minimum Gasteiger partial charge on any atom is -0.386 e. The van der Waals surface area contributed by atoms with Crippen molar-refractivity contribution >= 4 is 10.8 Å². The summed E-state index contributed by atoms with van der Waals surface area (Å²) in [5.41, 5.74) is 0.591. The molecule has 0 aliphatic heterocycles. The molecule has 0 spiro atoms. The van der Waals surface area contributed by atoms with Crippen LogP contribution < -0.4 is 0 Å². The molecule has 0 amide bonds. The third-order valence-electron chi connectivity index (χ3n) is 4.24. The number of aliphatic hydroxyl groups excluding tert-OH is 1. The lowest BCUT2D eigenvalue weighted by atomic mass is 9.76. The molecule has 0 radical (unpaired) electrons. The van der Waals surface area contributed by atoms with E-state index in [1.165, 1.54) is 0 Å². The molecular weight excluding hydrogens is 270 g/mol. The van der Waals surface area contributed by atoms with Crippen molar-refractivity contribution in [3.05, 3.63) is 83.9 Å². The second-order valence-corrected chi connectivity index (χ2v) is 5.69. The van der Waals surface area contributed by atoms with Gasteiger partial charge in [0, 0.05) is 0 Å². The highest BCUT2D eigenvalue weighted by molar-refractivity contribution is 5.83. The van der Waals surface area contributed by atoms with E-state index < -0.39 is 11.5 Å². The second-order valence-electron chi connectivity index (χ2n) is 5.69. The van der Waals surface area contributed by atoms with E-state index in [1.807, 2.05) is 72.8 Å². The lowest BCUT2D eigenvalue weighted by Gasteiger charge is -2.28. The normalized spacial score (nSPS) is 15.0. The largest absolute Gasteiger partial charge is 0.386 e. The Bertz CT molecular complexity index is 835. The Balaban J connectivity index is 2.07. The number of fused-ring (bicyclic) bond motifs is 1. The van der Waals surface area contributed by atoms with Gasteiger partial charge in [-0.3, -0.25) is 0 Å². The fraction of sp³-hybridized carbons (Fsp3) is 0.150.